The van der Waals surface area contributed by atoms with Crippen molar-refractivity contribution in [2.75, 3.05) is 0 Å². The molecule has 5 nitrogen and oxygen atoms in total. The molecular weight excluding hydrogens is 393 g/mol. The van der Waals surface area contributed by atoms with Crippen LogP contribution in [0, 0.1) is 21.4 Å². The molecule has 0 aliphatic carbocycles. The van der Waals surface area contributed by atoms with Gasteiger partial charge in [0.1, 0.15) is 11.1 Å². The van der Waals surface area contributed by atoms with Gasteiger partial charge in [-0.15, -0.1) is 11.3 Å². The van der Waals surface area contributed by atoms with E-state index >= 15 is 0 Å². The minimum absolute atomic E-state index is 0.0355. The molecule has 0 saturated heterocycles. The first kappa shape index (κ1) is 18.1. The van der Waals surface area contributed by atoms with Gasteiger partial charge in [-0.25, -0.2) is 4.98 Å². The lowest BCUT2D eigenvalue weighted by molar-refractivity contribution is -0.384. The molecule has 1 aromatic heterocycles. The lowest BCUT2D eigenvalue weighted by Crippen LogP contribution is -1.88. The summed E-state index contributed by atoms with van der Waals surface area (Å²) < 4.78 is 0. The average molecular weight is 402 g/mol. The maximum absolute atomic E-state index is 10.9. The average Bonchev–Trinajstić information content (AvgIpc) is 3.12. The van der Waals surface area contributed by atoms with Crippen LogP contribution in [0.5, 0.6) is 0 Å². The number of non-ortho nitro benzene ring substituents is 1. The molecule has 0 spiro atoms. The number of nitrogens with zero attached hydrogens (tertiary/aromatic N) is 3. The molecule has 0 N–H and O–H groups in total. The molecule has 8 heteroatoms. The molecule has 3 rings (SSSR count). The zero-order valence-corrected chi connectivity index (χ0v) is 15.3. The van der Waals surface area contributed by atoms with Gasteiger partial charge >= 0.3 is 0 Å². The Morgan fingerprint density at radius 2 is 2.04 bits per heavy atom. The predicted octanol–water partition coefficient (Wildman–Crippen LogP) is 6.09. The third-order valence-corrected chi connectivity index (χ3v) is 5.08. The third-order valence-electron chi connectivity index (χ3n) is 3.46. The second-order valence-electron chi connectivity index (χ2n) is 5.19. The van der Waals surface area contributed by atoms with Crippen molar-refractivity contribution >= 4 is 51.9 Å². The van der Waals surface area contributed by atoms with Gasteiger partial charge in [0.15, 0.2) is 0 Å². The van der Waals surface area contributed by atoms with E-state index in [2.05, 4.69) is 11.1 Å². The Kier molecular flexibility index (Phi) is 5.33. The Morgan fingerprint density at radius 1 is 1.23 bits per heavy atom. The Morgan fingerprint density at radius 3 is 2.73 bits per heavy atom. The Labute approximate surface area is 162 Å². The van der Waals surface area contributed by atoms with E-state index in [1.54, 1.807) is 36.4 Å². The number of benzene rings is 2. The van der Waals surface area contributed by atoms with Gasteiger partial charge in [-0.1, -0.05) is 41.4 Å². The van der Waals surface area contributed by atoms with Crippen LogP contribution >= 0.6 is 34.5 Å². The molecule has 0 aliphatic rings. The first-order chi connectivity index (χ1) is 12.5. The van der Waals surface area contributed by atoms with Crippen molar-refractivity contribution in [3.63, 3.8) is 0 Å². The minimum Gasteiger partial charge on any atom is -0.258 e. The second kappa shape index (κ2) is 7.67. The van der Waals surface area contributed by atoms with Crippen LogP contribution in [0.25, 0.3) is 22.9 Å². The number of halogens is 2. The minimum atomic E-state index is -0.477. The van der Waals surface area contributed by atoms with Gasteiger partial charge in [0.2, 0.25) is 0 Å². The molecule has 0 atom stereocenters. The molecule has 2 aromatic carbocycles. The van der Waals surface area contributed by atoms with Gasteiger partial charge in [-0.3, -0.25) is 10.1 Å². The normalized spacial score (nSPS) is 11.2. The molecule has 3 aromatic rings. The van der Waals surface area contributed by atoms with Gasteiger partial charge in [0.25, 0.3) is 5.69 Å². The number of hydrogen-bond donors (Lipinski definition) is 0. The highest BCUT2D eigenvalue weighted by Gasteiger charge is 2.11. The summed E-state index contributed by atoms with van der Waals surface area (Å²) in [7, 11) is 0. The van der Waals surface area contributed by atoms with Crippen LogP contribution in [-0.2, 0) is 0 Å². The maximum atomic E-state index is 10.9. The zero-order chi connectivity index (χ0) is 18.7. The van der Waals surface area contributed by atoms with Crippen LogP contribution in [0.1, 0.15) is 10.6 Å². The lowest BCUT2D eigenvalue weighted by atomic mass is 10.1. The smallest absolute Gasteiger partial charge is 0.258 e. The van der Waals surface area contributed by atoms with Crippen molar-refractivity contribution in [3.05, 3.63) is 78.6 Å². The van der Waals surface area contributed by atoms with Crippen molar-refractivity contribution in [2.45, 2.75) is 0 Å². The number of thiazole rings is 1. The number of nitriles is 1. The van der Waals surface area contributed by atoms with Crippen LogP contribution in [0.3, 0.4) is 0 Å². The summed E-state index contributed by atoms with van der Waals surface area (Å²) in [6, 6.07) is 13.3. The third kappa shape index (κ3) is 3.92. The lowest BCUT2D eigenvalue weighted by Gasteiger charge is -1.99. The van der Waals surface area contributed by atoms with E-state index < -0.39 is 4.92 Å². The fourth-order valence-corrected chi connectivity index (χ4v) is 3.31. The predicted molar refractivity (Wildman–Crippen MR) is 104 cm³/mol. The maximum Gasteiger partial charge on any atom is 0.270 e. The van der Waals surface area contributed by atoms with E-state index in [1.807, 2.05) is 5.38 Å². The van der Waals surface area contributed by atoms with Crippen molar-refractivity contribution in [3.8, 4) is 17.3 Å². The van der Waals surface area contributed by atoms with E-state index in [0.717, 1.165) is 5.56 Å². The summed E-state index contributed by atoms with van der Waals surface area (Å²) in [5, 5.41) is 23.5. The standard InChI is InChI=1S/C18H9Cl2N3O2S/c19-15-5-4-12(8-16(15)20)17-10-26-18(22-17)13(9-21)6-11-2-1-3-14(7-11)23(24)25/h1-8,10H/b13-6+. The summed E-state index contributed by atoms with van der Waals surface area (Å²) in [4.78, 5) is 14.9. The highest BCUT2D eigenvalue weighted by molar-refractivity contribution is 7.11. The van der Waals surface area contributed by atoms with Crippen molar-refractivity contribution in [2.24, 2.45) is 0 Å². The molecule has 128 valence electrons. The molecule has 0 unspecified atom stereocenters. The molecule has 26 heavy (non-hydrogen) atoms. The monoisotopic (exact) mass is 401 g/mol. The van der Waals surface area contributed by atoms with E-state index in [0.29, 0.717) is 31.9 Å². The largest absolute Gasteiger partial charge is 0.270 e. The molecule has 0 aliphatic heterocycles. The van der Waals surface area contributed by atoms with Crippen LogP contribution in [0.2, 0.25) is 10.0 Å². The second-order valence-corrected chi connectivity index (χ2v) is 6.86. The summed E-state index contributed by atoms with van der Waals surface area (Å²) in [6.45, 7) is 0. The van der Waals surface area contributed by atoms with Gasteiger partial charge in [-0.05, 0) is 23.8 Å². The van der Waals surface area contributed by atoms with Crippen molar-refractivity contribution in [1.29, 1.82) is 5.26 Å². The quantitative estimate of drug-likeness (QED) is 0.301. The molecular formula is C18H9Cl2N3O2S. The molecule has 0 amide bonds. The van der Waals surface area contributed by atoms with E-state index in [4.69, 9.17) is 23.2 Å². The Bertz CT molecular complexity index is 1070. The Balaban J connectivity index is 1.96. The number of allylic oxidation sites excluding steroid dienone is 1. The molecule has 0 fully saturated rings. The van der Waals surface area contributed by atoms with Crippen molar-refractivity contribution < 1.29 is 4.92 Å². The van der Waals surface area contributed by atoms with Crippen LogP contribution in [0.15, 0.2) is 47.8 Å². The summed E-state index contributed by atoms with van der Waals surface area (Å²) in [5.74, 6) is 0. The highest BCUT2D eigenvalue weighted by Crippen LogP contribution is 2.31. The number of aromatic nitrogens is 1. The first-order valence-corrected chi connectivity index (χ1v) is 8.89. The highest BCUT2D eigenvalue weighted by atomic mass is 35.5. The summed E-state index contributed by atoms with van der Waals surface area (Å²) in [6.07, 6.45) is 1.57. The van der Waals surface area contributed by atoms with Gasteiger partial charge < -0.3 is 0 Å². The van der Waals surface area contributed by atoms with Gasteiger partial charge in [0, 0.05) is 23.1 Å². The SMILES string of the molecule is N#C/C(=C\c1cccc([N+](=O)[O-])c1)c1nc(-c2ccc(Cl)c(Cl)c2)cs1. The van der Waals surface area contributed by atoms with E-state index in [9.17, 15) is 15.4 Å². The number of nitro groups is 1. The van der Waals surface area contributed by atoms with Crippen molar-refractivity contribution in [1.82, 2.24) is 4.98 Å². The Hall–Kier alpha value is -2.72. The van der Waals surface area contributed by atoms with E-state index in [-0.39, 0.29) is 5.69 Å². The van der Waals surface area contributed by atoms with Crippen LogP contribution < -0.4 is 0 Å². The van der Waals surface area contributed by atoms with Gasteiger partial charge in [-0.2, -0.15) is 5.26 Å². The summed E-state index contributed by atoms with van der Waals surface area (Å²) >= 11 is 13.3. The molecule has 0 saturated carbocycles. The van der Waals surface area contributed by atoms with E-state index in [1.165, 1.54) is 23.5 Å². The first-order valence-electron chi connectivity index (χ1n) is 7.25. The summed E-state index contributed by atoms with van der Waals surface area (Å²) in [5.41, 5.74) is 2.30. The molecule has 0 radical (unpaired) electrons. The number of hydrogen-bond acceptors (Lipinski definition) is 5. The van der Waals surface area contributed by atoms with Crippen LogP contribution in [0.4, 0.5) is 5.69 Å². The number of nitro benzene ring substituents is 1. The molecule has 0 bridgehead atoms. The zero-order valence-electron chi connectivity index (χ0n) is 13.0. The fraction of sp³-hybridized carbons (Fsp3) is 0. The molecule has 1 heterocycles. The fourth-order valence-electron chi connectivity index (χ4n) is 2.22. The number of rotatable bonds is 4. The van der Waals surface area contributed by atoms with Crippen LogP contribution in [-0.4, -0.2) is 9.91 Å². The van der Waals surface area contributed by atoms with Gasteiger partial charge in [0.05, 0.1) is 26.2 Å². The topological polar surface area (TPSA) is 79.8 Å².